The molecule has 5 aromatic rings. The Balaban J connectivity index is 1.48. The smallest absolute Gasteiger partial charge is 0.421 e. The molecule has 52 heavy (non-hydrogen) atoms. The van der Waals surface area contributed by atoms with Crippen LogP contribution in [0.3, 0.4) is 0 Å². The number of nitrogens with zero attached hydrogens (tertiary/aromatic N) is 1. The van der Waals surface area contributed by atoms with Gasteiger partial charge in [0.05, 0.1) is 12.3 Å². The molecule has 6 nitrogen and oxygen atoms in total. The lowest BCUT2D eigenvalue weighted by atomic mass is 9.79. The summed E-state index contributed by atoms with van der Waals surface area (Å²) in [5, 5.41) is 0. The third-order valence-electron chi connectivity index (χ3n) is 8.80. The zero-order chi connectivity index (χ0) is 36.6. The Bertz CT molecular complexity index is 1970. The van der Waals surface area contributed by atoms with Gasteiger partial charge in [-0.3, -0.25) is 9.69 Å². The second-order valence-corrected chi connectivity index (χ2v) is 18.5. The van der Waals surface area contributed by atoms with Crippen LogP contribution < -0.4 is 9.64 Å². The summed E-state index contributed by atoms with van der Waals surface area (Å²) in [4.78, 5) is 28.0. The Kier molecular flexibility index (Phi) is 11.2. The molecule has 2 atom stereocenters. The molecule has 0 spiro atoms. The summed E-state index contributed by atoms with van der Waals surface area (Å²) >= 11 is 0. The SMILES string of the molecule is CC(=O)OC[C@@H](COC(c1ccccc1)(c1ccccc1)c1ccccc1)C1=C[C@@H](C#C[Si](C)(C)C)N(C(=O)Oc2ccccc2)c2ccccc21. The number of carbonyl (C=O) groups excluding carboxylic acids is 2. The zero-order valence-corrected chi connectivity index (χ0v) is 31.0. The number of para-hydroxylation sites is 2. The van der Waals surface area contributed by atoms with Gasteiger partial charge >= 0.3 is 12.1 Å². The second-order valence-electron chi connectivity index (χ2n) is 13.7. The summed E-state index contributed by atoms with van der Waals surface area (Å²) in [5.41, 5.74) is 7.72. The fourth-order valence-corrected chi connectivity index (χ4v) is 7.04. The molecule has 6 rings (SSSR count). The average molecular weight is 706 g/mol. The standard InChI is InChI=1S/C45H43NO5Si/c1-34(47)49-32-35(33-50-45(36-19-9-5-10-20-36,37-21-11-6-12-22-37)38-23-13-7-14-24-38)42-31-39(29-30-52(2,3)4)46(43-28-18-17-27-41(42)43)44(48)51-40-25-15-8-16-26-40/h5-28,31,35,39H,32-33H2,1-4H3/t35-,39+/m0/s1. The fraction of sp³-hybridized carbons (Fsp3) is 0.200. The summed E-state index contributed by atoms with van der Waals surface area (Å²) in [6.45, 7) is 8.15. The molecule has 0 radical (unpaired) electrons. The van der Waals surface area contributed by atoms with E-state index < -0.39 is 37.7 Å². The molecule has 0 N–H and O–H groups in total. The largest absolute Gasteiger partial charge is 0.465 e. The van der Waals surface area contributed by atoms with Crippen LogP contribution in [0.1, 0.15) is 29.2 Å². The Morgan fingerprint density at radius 1 is 0.712 bits per heavy atom. The lowest BCUT2D eigenvalue weighted by Crippen LogP contribution is -2.44. The maximum atomic E-state index is 14.0. The third-order valence-corrected chi connectivity index (χ3v) is 9.69. The Morgan fingerprint density at radius 2 is 1.21 bits per heavy atom. The first-order chi connectivity index (χ1) is 25.2. The van der Waals surface area contributed by atoms with E-state index in [-0.39, 0.29) is 13.2 Å². The van der Waals surface area contributed by atoms with Crippen LogP contribution in [0.5, 0.6) is 5.75 Å². The highest BCUT2D eigenvalue weighted by atomic mass is 28.3. The molecule has 0 fully saturated rings. The van der Waals surface area contributed by atoms with Crippen LogP contribution in [0, 0.1) is 17.4 Å². The molecular weight excluding hydrogens is 663 g/mol. The molecule has 7 heteroatoms. The van der Waals surface area contributed by atoms with Gasteiger partial charge in [0, 0.05) is 18.4 Å². The van der Waals surface area contributed by atoms with E-state index in [2.05, 4.69) is 67.5 Å². The fourth-order valence-electron chi connectivity index (χ4n) is 6.45. The molecule has 1 aliphatic rings. The number of hydrogen-bond donors (Lipinski definition) is 0. The molecule has 5 aromatic carbocycles. The van der Waals surface area contributed by atoms with Gasteiger partial charge in [0.25, 0.3) is 0 Å². The van der Waals surface area contributed by atoms with Crippen LogP contribution in [0.2, 0.25) is 19.6 Å². The van der Waals surface area contributed by atoms with Gasteiger partial charge in [0.1, 0.15) is 32.1 Å². The minimum atomic E-state index is -1.87. The first-order valence-electron chi connectivity index (χ1n) is 17.5. The molecule has 0 unspecified atom stereocenters. The van der Waals surface area contributed by atoms with Crippen LogP contribution in [0.25, 0.3) is 5.57 Å². The van der Waals surface area contributed by atoms with Crippen LogP contribution in [0.4, 0.5) is 10.5 Å². The van der Waals surface area contributed by atoms with E-state index >= 15 is 0 Å². The Morgan fingerprint density at radius 3 is 1.73 bits per heavy atom. The second kappa shape index (κ2) is 16.1. The van der Waals surface area contributed by atoms with Crippen LogP contribution in [0.15, 0.2) is 152 Å². The number of rotatable bonds is 10. The van der Waals surface area contributed by atoms with Gasteiger partial charge in [0.15, 0.2) is 0 Å². The highest BCUT2D eigenvalue weighted by Gasteiger charge is 2.40. The van der Waals surface area contributed by atoms with E-state index in [1.165, 1.54) is 6.92 Å². The molecule has 1 aliphatic heterocycles. The first-order valence-corrected chi connectivity index (χ1v) is 21.0. The highest BCUT2D eigenvalue weighted by molar-refractivity contribution is 6.83. The van der Waals surface area contributed by atoms with Gasteiger partial charge in [-0.15, -0.1) is 5.54 Å². The number of ether oxygens (including phenoxy) is 3. The molecule has 0 saturated carbocycles. The molecule has 1 amide bonds. The topological polar surface area (TPSA) is 65.1 Å². The average Bonchev–Trinajstić information content (AvgIpc) is 3.16. The van der Waals surface area contributed by atoms with Crippen LogP contribution >= 0.6 is 0 Å². The number of esters is 1. The van der Waals surface area contributed by atoms with Gasteiger partial charge in [-0.25, -0.2) is 4.79 Å². The van der Waals surface area contributed by atoms with E-state index in [0.29, 0.717) is 11.4 Å². The van der Waals surface area contributed by atoms with Gasteiger partial charge in [0.2, 0.25) is 0 Å². The predicted molar refractivity (Wildman–Crippen MR) is 210 cm³/mol. The number of benzene rings is 5. The molecule has 0 bridgehead atoms. The van der Waals surface area contributed by atoms with Crippen molar-refractivity contribution in [3.8, 4) is 17.2 Å². The van der Waals surface area contributed by atoms with Crippen molar-refractivity contribution in [3.63, 3.8) is 0 Å². The number of carbonyl (C=O) groups is 2. The number of amides is 1. The van der Waals surface area contributed by atoms with Crippen molar-refractivity contribution in [1.29, 1.82) is 0 Å². The van der Waals surface area contributed by atoms with Gasteiger partial charge < -0.3 is 14.2 Å². The van der Waals surface area contributed by atoms with E-state index in [1.807, 2.05) is 103 Å². The molecule has 262 valence electrons. The Labute approximate surface area is 307 Å². The summed E-state index contributed by atoms with van der Waals surface area (Å²) < 4.78 is 18.9. The van der Waals surface area contributed by atoms with E-state index in [9.17, 15) is 9.59 Å². The first kappa shape index (κ1) is 36.1. The van der Waals surface area contributed by atoms with E-state index in [1.54, 1.807) is 17.0 Å². The maximum Gasteiger partial charge on any atom is 0.421 e. The lowest BCUT2D eigenvalue weighted by Gasteiger charge is -2.39. The lowest BCUT2D eigenvalue weighted by molar-refractivity contribution is -0.142. The normalized spacial score (nSPS) is 14.6. The predicted octanol–water partition coefficient (Wildman–Crippen LogP) is 9.53. The zero-order valence-electron chi connectivity index (χ0n) is 30.0. The third kappa shape index (κ3) is 8.26. The summed E-state index contributed by atoms with van der Waals surface area (Å²) in [6.07, 6.45) is 1.47. The molecule has 0 aromatic heterocycles. The van der Waals surface area contributed by atoms with Crippen molar-refractivity contribution in [1.82, 2.24) is 0 Å². The van der Waals surface area contributed by atoms with E-state index in [0.717, 1.165) is 27.8 Å². The molecule has 1 heterocycles. The number of fused-ring (bicyclic) bond motifs is 1. The quantitative estimate of drug-likeness (QED) is 0.0627. The van der Waals surface area contributed by atoms with Crippen LogP contribution in [-0.4, -0.2) is 39.4 Å². The van der Waals surface area contributed by atoms with Crippen molar-refractivity contribution >= 4 is 31.4 Å². The maximum absolute atomic E-state index is 14.0. The summed E-state index contributed by atoms with van der Waals surface area (Å²) in [7, 11) is -1.87. The van der Waals surface area contributed by atoms with E-state index in [4.69, 9.17) is 14.2 Å². The number of hydrogen-bond acceptors (Lipinski definition) is 5. The van der Waals surface area contributed by atoms with Crippen molar-refractivity contribution < 1.29 is 23.8 Å². The highest BCUT2D eigenvalue weighted by Crippen LogP contribution is 2.43. The monoisotopic (exact) mass is 705 g/mol. The summed E-state index contributed by atoms with van der Waals surface area (Å²) in [5.74, 6) is 3.05. The number of anilines is 1. The molecule has 0 saturated heterocycles. The van der Waals surface area contributed by atoms with Crippen molar-refractivity contribution in [2.24, 2.45) is 5.92 Å². The van der Waals surface area contributed by atoms with Gasteiger partial charge in [-0.05, 0) is 46.5 Å². The van der Waals surface area contributed by atoms with Gasteiger partial charge in [-0.1, -0.05) is 153 Å². The van der Waals surface area contributed by atoms with Crippen molar-refractivity contribution in [2.45, 2.75) is 38.2 Å². The minimum Gasteiger partial charge on any atom is -0.465 e. The van der Waals surface area contributed by atoms with Crippen molar-refractivity contribution in [3.05, 3.63) is 174 Å². The van der Waals surface area contributed by atoms with Crippen LogP contribution in [-0.2, 0) is 19.9 Å². The van der Waals surface area contributed by atoms with Crippen molar-refractivity contribution in [2.75, 3.05) is 18.1 Å². The molecule has 0 aliphatic carbocycles. The summed E-state index contributed by atoms with van der Waals surface area (Å²) in [6, 6.07) is 46.6. The molecular formula is C45H43NO5Si. The minimum absolute atomic E-state index is 0.0621. The Hall–Kier alpha value is -5.68. The van der Waals surface area contributed by atoms with Gasteiger partial charge in [-0.2, -0.15) is 0 Å².